The van der Waals surface area contributed by atoms with E-state index in [0.29, 0.717) is 5.56 Å². The number of amides is 1. The molecule has 0 spiro atoms. The second kappa shape index (κ2) is 8.48. The molecule has 6 heteroatoms. The zero-order valence-corrected chi connectivity index (χ0v) is 18.3. The molecule has 160 valence electrons. The van der Waals surface area contributed by atoms with Crippen LogP contribution in [0.25, 0.3) is 11.3 Å². The summed E-state index contributed by atoms with van der Waals surface area (Å²) in [6.45, 7) is 3.98. The molecule has 0 radical (unpaired) electrons. The molecular weight excluding hydrogens is 410 g/mol. The topological polar surface area (TPSA) is 64.2 Å². The lowest BCUT2D eigenvalue weighted by molar-refractivity contribution is 0.102. The SMILES string of the molecule is Cc1cc(NC(=O)c2ccc(C)c(C#Cc3cnc4ccccn34)c2)cc(-n2ccnc2)c1. The summed E-state index contributed by atoms with van der Waals surface area (Å²) < 4.78 is 3.84. The van der Waals surface area contributed by atoms with E-state index in [0.717, 1.165) is 39.4 Å². The van der Waals surface area contributed by atoms with Crippen LogP contribution in [0.4, 0.5) is 5.69 Å². The van der Waals surface area contributed by atoms with Gasteiger partial charge in [-0.2, -0.15) is 0 Å². The lowest BCUT2D eigenvalue weighted by atomic mass is 10.0. The van der Waals surface area contributed by atoms with Gasteiger partial charge in [-0.05, 0) is 73.4 Å². The molecule has 0 aliphatic rings. The van der Waals surface area contributed by atoms with Crippen molar-refractivity contribution in [3.8, 4) is 17.5 Å². The Morgan fingerprint density at radius 3 is 2.76 bits per heavy atom. The minimum absolute atomic E-state index is 0.185. The van der Waals surface area contributed by atoms with Crippen molar-refractivity contribution in [3.05, 3.63) is 114 Å². The molecule has 3 heterocycles. The van der Waals surface area contributed by atoms with E-state index in [1.54, 1.807) is 18.7 Å². The molecule has 5 aromatic rings. The number of carbonyl (C=O) groups is 1. The van der Waals surface area contributed by atoms with Crippen molar-refractivity contribution in [1.29, 1.82) is 0 Å². The number of rotatable bonds is 3. The lowest BCUT2D eigenvalue weighted by Crippen LogP contribution is -2.12. The van der Waals surface area contributed by atoms with E-state index >= 15 is 0 Å². The van der Waals surface area contributed by atoms with E-state index in [4.69, 9.17) is 0 Å². The molecule has 1 amide bonds. The quantitative estimate of drug-likeness (QED) is 0.418. The van der Waals surface area contributed by atoms with Gasteiger partial charge in [-0.15, -0.1) is 0 Å². The summed E-state index contributed by atoms with van der Waals surface area (Å²) in [7, 11) is 0. The standard InChI is InChI=1S/C27H21N5O/c1-19-13-23(16-25(14-19)31-12-10-28-18-31)30-27(33)22-7-6-20(2)21(15-22)8-9-24-17-29-26-5-3-4-11-32(24)26/h3-7,10-18H,1-2H3,(H,30,33). The van der Waals surface area contributed by atoms with E-state index in [9.17, 15) is 4.79 Å². The monoisotopic (exact) mass is 431 g/mol. The van der Waals surface area contributed by atoms with Crippen LogP contribution in [0, 0.1) is 25.7 Å². The van der Waals surface area contributed by atoms with Gasteiger partial charge in [-0.1, -0.05) is 18.1 Å². The van der Waals surface area contributed by atoms with Gasteiger partial charge in [0.05, 0.1) is 12.5 Å². The molecule has 0 saturated heterocycles. The van der Waals surface area contributed by atoms with Crippen molar-refractivity contribution in [2.75, 3.05) is 5.32 Å². The van der Waals surface area contributed by atoms with E-state index in [1.807, 2.05) is 89.8 Å². The summed E-state index contributed by atoms with van der Waals surface area (Å²) in [6.07, 6.45) is 9.01. The van der Waals surface area contributed by atoms with E-state index in [2.05, 4.69) is 27.1 Å². The lowest BCUT2D eigenvalue weighted by Gasteiger charge is -2.10. The van der Waals surface area contributed by atoms with Crippen molar-refractivity contribution in [2.45, 2.75) is 13.8 Å². The molecule has 2 aromatic carbocycles. The number of fused-ring (bicyclic) bond motifs is 1. The van der Waals surface area contributed by atoms with Gasteiger partial charge in [0.25, 0.3) is 5.91 Å². The van der Waals surface area contributed by atoms with Gasteiger partial charge in [-0.3, -0.25) is 9.20 Å². The first-order valence-electron chi connectivity index (χ1n) is 10.5. The van der Waals surface area contributed by atoms with Gasteiger partial charge in [0, 0.05) is 41.1 Å². The Kier molecular flexibility index (Phi) is 5.21. The fraction of sp³-hybridized carbons (Fsp3) is 0.0741. The molecule has 0 aliphatic heterocycles. The fourth-order valence-corrected chi connectivity index (χ4v) is 3.65. The maximum Gasteiger partial charge on any atom is 0.255 e. The Hall–Kier alpha value is -4.63. The largest absolute Gasteiger partial charge is 0.322 e. The predicted molar refractivity (Wildman–Crippen MR) is 129 cm³/mol. The number of nitrogens with zero attached hydrogens (tertiary/aromatic N) is 4. The Bertz CT molecular complexity index is 1530. The van der Waals surface area contributed by atoms with E-state index in [-0.39, 0.29) is 5.91 Å². The highest BCUT2D eigenvalue weighted by atomic mass is 16.1. The summed E-state index contributed by atoms with van der Waals surface area (Å²) in [4.78, 5) is 21.5. The number of aromatic nitrogens is 4. The van der Waals surface area contributed by atoms with Gasteiger partial charge in [0.2, 0.25) is 0 Å². The van der Waals surface area contributed by atoms with Crippen molar-refractivity contribution in [2.24, 2.45) is 0 Å². The zero-order chi connectivity index (χ0) is 22.8. The first-order valence-corrected chi connectivity index (χ1v) is 10.5. The third-order valence-corrected chi connectivity index (χ3v) is 5.36. The van der Waals surface area contributed by atoms with Crippen LogP contribution in [-0.4, -0.2) is 24.8 Å². The molecule has 0 fully saturated rings. The average Bonchev–Trinajstić information content (AvgIpc) is 3.49. The highest BCUT2D eigenvalue weighted by Gasteiger charge is 2.10. The maximum absolute atomic E-state index is 13.0. The Morgan fingerprint density at radius 1 is 1.00 bits per heavy atom. The molecule has 0 atom stereocenters. The van der Waals surface area contributed by atoms with E-state index < -0.39 is 0 Å². The molecule has 6 nitrogen and oxygen atoms in total. The number of nitrogens with one attached hydrogen (secondary N) is 1. The molecule has 0 saturated carbocycles. The smallest absolute Gasteiger partial charge is 0.255 e. The van der Waals surface area contributed by atoms with Crippen molar-refractivity contribution in [3.63, 3.8) is 0 Å². The second-order valence-electron chi connectivity index (χ2n) is 7.83. The minimum atomic E-state index is -0.185. The average molecular weight is 431 g/mol. The van der Waals surface area contributed by atoms with Crippen LogP contribution < -0.4 is 5.32 Å². The van der Waals surface area contributed by atoms with Gasteiger partial charge in [0.1, 0.15) is 11.3 Å². The van der Waals surface area contributed by atoms with Gasteiger partial charge < -0.3 is 9.88 Å². The number of imidazole rings is 2. The molecule has 5 rings (SSSR count). The summed E-state index contributed by atoms with van der Waals surface area (Å²) in [5.74, 6) is 6.20. The Morgan fingerprint density at radius 2 is 1.91 bits per heavy atom. The molecular formula is C27H21N5O. The number of hydrogen-bond donors (Lipinski definition) is 1. The summed E-state index contributed by atoms with van der Waals surface area (Å²) >= 11 is 0. The van der Waals surface area contributed by atoms with Gasteiger partial charge >= 0.3 is 0 Å². The number of pyridine rings is 1. The third kappa shape index (κ3) is 4.25. The summed E-state index contributed by atoms with van der Waals surface area (Å²) in [5.41, 5.74) is 6.71. The van der Waals surface area contributed by atoms with Crippen LogP contribution in [0.3, 0.4) is 0 Å². The van der Waals surface area contributed by atoms with Crippen molar-refractivity contribution >= 4 is 17.2 Å². The Balaban J connectivity index is 1.41. The zero-order valence-electron chi connectivity index (χ0n) is 18.3. The van der Waals surface area contributed by atoms with E-state index in [1.165, 1.54) is 0 Å². The fourth-order valence-electron chi connectivity index (χ4n) is 3.65. The van der Waals surface area contributed by atoms with Gasteiger partial charge in [-0.25, -0.2) is 9.97 Å². The molecule has 0 bridgehead atoms. The summed E-state index contributed by atoms with van der Waals surface area (Å²) in [5, 5.41) is 3.01. The third-order valence-electron chi connectivity index (χ3n) is 5.36. The van der Waals surface area contributed by atoms with Crippen molar-refractivity contribution < 1.29 is 4.79 Å². The first kappa shape index (κ1) is 20.3. The van der Waals surface area contributed by atoms with Crippen LogP contribution in [0.15, 0.2) is 85.7 Å². The van der Waals surface area contributed by atoms with Crippen LogP contribution in [0.2, 0.25) is 0 Å². The number of hydrogen-bond acceptors (Lipinski definition) is 3. The molecule has 0 unspecified atom stereocenters. The highest BCUT2D eigenvalue weighted by Crippen LogP contribution is 2.19. The second-order valence-corrected chi connectivity index (χ2v) is 7.83. The minimum Gasteiger partial charge on any atom is -0.322 e. The highest BCUT2D eigenvalue weighted by molar-refractivity contribution is 6.04. The number of benzene rings is 2. The van der Waals surface area contributed by atoms with Crippen LogP contribution in [-0.2, 0) is 0 Å². The first-order chi connectivity index (χ1) is 16.1. The van der Waals surface area contributed by atoms with Gasteiger partial charge in [0.15, 0.2) is 0 Å². The van der Waals surface area contributed by atoms with Crippen LogP contribution in [0.5, 0.6) is 0 Å². The molecule has 33 heavy (non-hydrogen) atoms. The normalized spacial score (nSPS) is 10.6. The summed E-state index contributed by atoms with van der Waals surface area (Å²) in [6, 6.07) is 17.3. The molecule has 3 aromatic heterocycles. The molecule has 1 N–H and O–H groups in total. The maximum atomic E-state index is 13.0. The number of aryl methyl sites for hydroxylation is 2. The number of carbonyl (C=O) groups excluding carboxylic acids is 1. The number of anilines is 1. The predicted octanol–water partition coefficient (Wildman–Crippen LogP) is 4.79. The van der Waals surface area contributed by atoms with Crippen LogP contribution in [0.1, 0.15) is 32.7 Å². The molecule has 0 aliphatic carbocycles. The van der Waals surface area contributed by atoms with Crippen LogP contribution >= 0.6 is 0 Å². The Labute approximate surface area is 191 Å². The van der Waals surface area contributed by atoms with Crippen molar-refractivity contribution in [1.82, 2.24) is 18.9 Å².